The highest BCUT2D eigenvalue weighted by molar-refractivity contribution is 8.07. The highest BCUT2D eigenvalue weighted by Gasteiger charge is 2.34. The van der Waals surface area contributed by atoms with Gasteiger partial charge >= 0.3 is 0 Å². The van der Waals surface area contributed by atoms with E-state index in [-0.39, 0.29) is 9.52 Å². The Morgan fingerprint density at radius 3 is 2.50 bits per heavy atom. The predicted molar refractivity (Wildman–Crippen MR) is 102 cm³/mol. The van der Waals surface area contributed by atoms with Gasteiger partial charge in [-0.05, 0) is 49.3 Å². The lowest BCUT2D eigenvalue weighted by Gasteiger charge is -2.16. The van der Waals surface area contributed by atoms with Crippen LogP contribution in [0, 0.1) is 5.92 Å². The van der Waals surface area contributed by atoms with Crippen molar-refractivity contribution in [1.29, 1.82) is 0 Å². The van der Waals surface area contributed by atoms with Crippen LogP contribution in [0.15, 0.2) is 62.1 Å². The van der Waals surface area contributed by atoms with Crippen LogP contribution in [0.25, 0.3) is 6.08 Å². The normalized spacial score (nSPS) is 26.9. The summed E-state index contributed by atoms with van der Waals surface area (Å²) in [7, 11) is -0.319. The molecule has 0 nitrogen and oxygen atoms in total. The Labute approximate surface area is 139 Å². The van der Waals surface area contributed by atoms with Gasteiger partial charge in [-0.1, -0.05) is 70.1 Å². The monoisotopic (exact) mass is 322 g/mol. The topological polar surface area (TPSA) is 0 Å². The first-order valence-electron chi connectivity index (χ1n) is 8.10. The highest BCUT2D eigenvalue weighted by atomic mass is 32.2. The zero-order valence-corrected chi connectivity index (χ0v) is 16.0. The summed E-state index contributed by atoms with van der Waals surface area (Å²) in [6, 6.07) is 8.96. The molecule has 0 amide bonds. The first kappa shape index (κ1) is 14.3. The van der Waals surface area contributed by atoms with Gasteiger partial charge in [-0.15, -0.1) is 0 Å². The van der Waals surface area contributed by atoms with Crippen molar-refractivity contribution in [3.63, 3.8) is 0 Å². The molecule has 4 rings (SSSR count). The third-order valence-corrected chi connectivity index (χ3v) is 9.44. The molecule has 22 heavy (non-hydrogen) atoms. The van der Waals surface area contributed by atoms with E-state index >= 15 is 0 Å². The number of thioether (sulfide) groups is 1. The third kappa shape index (κ3) is 2.04. The first-order valence-corrected chi connectivity index (χ1v) is 10.4. The van der Waals surface area contributed by atoms with Crippen molar-refractivity contribution in [2.75, 3.05) is 0 Å². The fraction of sp³-hybridized carbons (Fsp3) is 0.300. The molecular formula is C20H22SSi. The largest absolute Gasteiger partial charge is 0.0983 e. The fourth-order valence-corrected chi connectivity index (χ4v) is 7.90. The summed E-state index contributed by atoms with van der Waals surface area (Å²) in [5.41, 5.74) is 8.51. The Hall–Kier alpha value is -1.25. The minimum Gasteiger partial charge on any atom is -0.0983 e. The van der Waals surface area contributed by atoms with Crippen LogP contribution in [0.2, 0.25) is 0 Å². The van der Waals surface area contributed by atoms with Crippen molar-refractivity contribution < 1.29 is 0 Å². The van der Waals surface area contributed by atoms with Crippen LogP contribution in [-0.4, -0.2) is 9.52 Å². The van der Waals surface area contributed by atoms with Gasteiger partial charge in [-0.2, -0.15) is 0 Å². The fourth-order valence-electron chi connectivity index (χ4n) is 4.12. The molecule has 2 atom stereocenters. The van der Waals surface area contributed by atoms with Gasteiger partial charge in [-0.3, -0.25) is 0 Å². The zero-order chi connectivity index (χ0) is 15.4. The summed E-state index contributed by atoms with van der Waals surface area (Å²) < 4.78 is 0. The summed E-state index contributed by atoms with van der Waals surface area (Å²) in [4.78, 5) is 3.10. The van der Waals surface area contributed by atoms with Crippen LogP contribution >= 0.6 is 11.8 Å². The van der Waals surface area contributed by atoms with E-state index in [1.165, 1.54) is 10.5 Å². The minimum absolute atomic E-state index is 0.319. The van der Waals surface area contributed by atoms with Crippen molar-refractivity contribution in [2.24, 2.45) is 5.92 Å². The molecule has 1 aliphatic heterocycles. The first-order chi connectivity index (χ1) is 10.6. The molecule has 1 heterocycles. The molecule has 0 aromatic heterocycles. The standard InChI is InChI=1S/C20H22SSi/c1-11-9-15-7-5-6-8-16(15)20(11)22-18-10-17-19(13(18)3)12(2)14(4)21-17/h5-10,19-20H,22H2,1-4H3. The van der Waals surface area contributed by atoms with E-state index in [9.17, 15) is 0 Å². The lowest BCUT2D eigenvalue weighted by Crippen LogP contribution is -2.10. The number of rotatable bonds is 2. The second-order valence-electron chi connectivity index (χ2n) is 6.80. The molecule has 3 aliphatic rings. The van der Waals surface area contributed by atoms with Crippen molar-refractivity contribution >= 4 is 27.4 Å². The SMILES string of the molecule is CC1=Cc2ccccc2C1[SiH2]C1=C(C)C2C(=C1)SC(C)=C2C. The lowest BCUT2D eigenvalue weighted by molar-refractivity contribution is 0.901. The molecule has 2 unspecified atom stereocenters. The van der Waals surface area contributed by atoms with Crippen molar-refractivity contribution in [2.45, 2.75) is 33.2 Å². The second-order valence-corrected chi connectivity index (χ2v) is 10.1. The molecule has 0 bridgehead atoms. The summed E-state index contributed by atoms with van der Waals surface area (Å²) in [6.45, 7) is 9.28. The van der Waals surface area contributed by atoms with Gasteiger partial charge in [-0.25, -0.2) is 0 Å². The lowest BCUT2D eigenvalue weighted by atomic mass is 9.96. The van der Waals surface area contributed by atoms with Crippen LogP contribution in [0.1, 0.15) is 44.4 Å². The number of hydrogen-bond donors (Lipinski definition) is 0. The maximum Gasteiger partial charge on any atom is 0.0675 e. The van der Waals surface area contributed by atoms with Gasteiger partial charge in [0.05, 0.1) is 9.52 Å². The van der Waals surface area contributed by atoms with Crippen LogP contribution in [0.4, 0.5) is 0 Å². The molecule has 0 spiro atoms. The van der Waals surface area contributed by atoms with Gasteiger partial charge in [0.1, 0.15) is 0 Å². The summed E-state index contributed by atoms with van der Waals surface area (Å²) >= 11 is 2.00. The Kier molecular flexibility index (Phi) is 3.35. The molecule has 1 aromatic carbocycles. The Morgan fingerprint density at radius 1 is 0.955 bits per heavy atom. The summed E-state index contributed by atoms with van der Waals surface area (Å²) in [6.07, 6.45) is 4.93. The minimum atomic E-state index is -0.319. The molecule has 0 saturated carbocycles. The van der Waals surface area contributed by atoms with Gasteiger partial charge in [0, 0.05) is 10.8 Å². The van der Waals surface area contributed by atoms with E-state index in [2.05, 4.69) is 64.1 Å². The molecule has 1 aromatic rings. The summed E-state index contributed by atoms with van der Waals surface area (Å²) in [5, 5.41) is 1.70. The van der Waals surface area contributed by atoms with Crippen LogP contribution in [0.3, 0.4) is 0 Å². The third-order valence-electron chi connectivity index (χ3n) is 5.53. The molecule has 2 aliphatic carbocycles. The Morgan fingerprint density at radius 2 is 1.73 bits per heavy atom. The molecule has 2 heteroatoms. The number of benzene rings is 1. The molecule has 0 N–H and O–H groups in total. The van der Waals surface area contributed by atoms with Crippen molar-refractivity contribution in [3.05, 3.63) is 73.2 Å². The molecule has 0 saturated heterocycles. The molecule has 0 fully saturated rings. The van der Waals surface area contributed by atoms with Crippen LogP contribution in [0.5, 0.6) is 0 Å². The maximum absolute atomic E-state index is 2.53. The van der Waals surface area contributed by atoms with Gasteiger partial charge in [0.25, 0.3) is 0 Å². The van der Waals surface area contributed by atoms with Crippen molar-refractivity contribution in [1.82, 2.24) is 0 Å². The van der Waals surface area contributed by atoms with E-state index in [1.807, 2.05) is 11.8 Å². The average Bonchev–Trinajstić information content (AvgIpc) is 3.07. The quantitative estimate of drug-likeness (QED) is 0.679. The highest BCUT2D eigenvalue weighted by Crippen LogP contribution is 2.52. The average molecular weight is 323 g/mol. The second kappa shape index (κ2) is 5.14. The van der Waals surface area contributed by atoms with E-state index in [1.54, 1.807) is 32.4 Å². The molecule has 112 valence electrons. The van der Waals surface area contributed by atoms with E-state index in [0.717, 1.165) is 0 Å². The van der Waals surface area contributed by atoms with Crippen LogP contribution < -0.4 is 0 Å². The van der Waals surface area contributed by atoms with Gasteiger partial charge in [0.15, 0.2) is 0 Å². The van der Waals surface area contributed by atoms with E-state index < -0.39 is 0 Å². The number of fused-ring (bicyclic) bond motifs is 2. The van der Waals surface area contributed by atoms with Gasteiger partial charge in [0.2, 0.25) is 0 Å². The zero-order valence-electron chi connectivity index (χ0n) is 13.7. The number of allylic oxidation sites excluding steroid dienone is 7. The maximum atomic E-state index is 2.53. The molecule has 0 radical (unpaired) electrons. The van der Waals surface area contributed by atoms with Gasteiger partial charge < -0.3 is 0 Å². The van der Waals surface area contributed by atoms with Crippen molar-refractivity contribution in [3.8, 4) is 0 Å². The number of hydrogen-bond acceptors (Lipinski definition) is 1. The van der Waals surface area contributed by atoms with E-state index in [0.29, 0.717) is 11.5 Å². The summed E-state index contributed by atoms with van der Waals surface area (Å²) in [5.74, 6) is 0.619. The Balaban J connectivity index is 1.66. The van der Waals surface area contributed by atoms with Crippen LogP contribution in [-0.2, 0) is 0 Å². The van der Waals surface area contributed by atoms with E-state index in [4.69, 9.17) is 0 Å². The smallest absolute Gasteiger partial charge is 0.0675 e. The predicted octanol–water partition coefficient (Wildman–Crippen LogP) is 5.14. The Bertz CT molecular complexity index is 792. The molecular weight excluding hydrogens is 300 g/mol.